The van der Waals surface area contributed by atoms with E-state index >= 15 is 0 Å². The third-order valence-electron chi connectivity index (χ3n) is 7.75. The van der Waals surface area contributed by atoms with Crippen molar-refractivity contribution in [1.82, 2.24) is 4.90 Å². The topological polar surface area (TPSA) is 48.0 Å². The molecule has 0 radical (unpaired) electrons. The van der Waals surface area contributed by atoms with Crippen LogP contribution in [0.2, 0.25) is 0 Å². The molecule has 1 fully saturated rings. The van der Waals surface area contributed by atoms with Crippen LogP contribution < -0.4 is 14.2 Å². The number of hydrogen-bond acceptors (Lipinski definition) is 5. The van der Waals surface area contributed by atoms with Crippen LogP contribution in [-0.2, 0) is 10.8 Å². The summed E-state index contributed by atoms with van der Waals surface area (Å²) < 4.78 is 44.8. The minimum absolute atomic E-state index is 0.159. The van der Waals surface area contributed by atoms with Gasteiger partial charge in [0.25, 0.3) is 0 Å². The highest BCUT2D eigenvalue weighted by atomic mass is 32.2. The van der Waals surface area contributed by atoms with Crippen LogP contribution in [0.5, 0.6) is 17.2 Å². The highest BCUT2D eigenvalue weighted by Crippen LogP contribution is 2.38. The van der Waals surface area contributed by atoms with Crippen LogP contribution in [-0.4, -0.2) is 42.1 Å². The fourth-order valence-electron chi connectivity index (χ4n) is 5.68. The minimum Gasteiger partial charge on any atom is -0.493 e. The number of piperidine rings is 1. The van der Waals surface area contributed by atoms with Crippen LogP contribution in [0.3, 0.4) is 0 Å². The number of ether oxygens (including phenoxy) is 3. The Hall–Kier alpha value is -3.68. The quantitative estimate of drug-likeness (QED) is 0.232. The van der Waals surface area contributed by atoms with Gasteiger partial charge in [0.15, 0.2) is 11.5 Å². The van der Waals surface area contributed by atoms with Crippen LogP contribution in [0, 0.1) is 11.7 Å². The zero-order chi connectivity index (χ0) is 27.3. The molecule has 40 heavy (non-hydrogen) atoms. The number of nitrogens with zero attached hydrogens (tertiary/aromatic N) is 1. The highest BCUT2D eigenvalue weighted by Gasteiger charge is 2.33. The van der Waals surface area contributed by atoms with Crippen LogP contribution in [0.4, 0.5) is 4.39 Å². The summed E-state index contributed by atoms with van der Waals surface area (Å²) in [4.78, 5) is 3.24. The second kappa shape index (κ2) is 12.2. The van der Waals surface area contributed by atoms with Gasteiger partial charge in [-0.3, -0.25) is 4.21 Å². The monoisotopic (exact) mass is 557 g/mol. The van der Waals surface area contributed by atoms with Gasteiger partial charge in [-0.05, 0) is 66.4 Å². The lowest BCUT2D eigenvalue weighted by Crippen LogP contribution is -2.44. The second-order valence-corrected chi connectivity index (χ2v) is 11.9. The molecule has 206 valence electrons. The Morgan fingerprint density at radius 2 is 1.62 bits per heavy atom. The summed E-state index contributed by atoms with van der Waals surface area (Å²) >= 11 is 0. The molecule has 2 aliphatic heterocycles. The van der Waals surface area contributed by atoms with Gasteiger partial charge in [0.05, 0.1) is 22.7 Å². The van der Waals surface area contributed by atoms with Crippen LogP contribution in [0.15, 0.2) is 108 Å². The lowest BCUT2D eigenvalue weighted by molar-refractivity contribution is 0.111. The van der Waals surface area contributed by atoms with Crippen LogP contribution in [0.25, 0.3) is 0 Å². The van der Waals surface area contributed by atoms with Gasteiger partial charge in [-0.2, -0.15) is 0 Å². The fraction of sp³-hybridized carbons (Fsp3) is 0.273. The Labute approximate surface area is 237 Å². The van der Waals surface area contributed by atoms with Gasteiger partial charge >= 0.3 is 0 Å². The Kier molecular flexibility index (Phi) is 8.11. The fourth-order valence-corrected chi connectivity index (χ4v) is 7.18. The van der Waals surface area contributed by atoms with Crippen molar-refractivity contribution in [3.05, 3.63) is 120 Å². The van der Waals surface area contributed by atoms with Crippen molar-refractivity contribution in [2.24, 2.45) is 5.92 Å². The van der Waals surface area contributed by atoms with E-state index in [0.29, 0.717) is 18.9 Å². The highest BCUT2D eigenvalue weighted by molar-refractivity contribution is 7.85. The van der Waals surface area contributed by atoms with Crippen molar-refractivity contribution in [3.63, 3.8) is 0 Å². The molecule has 0 aromatic heterocycles. The summed E-state index contributed by atoms with van der Waals surface area (Å²) in [5, 5.41) is -0.165. The van der Waals surface area contributed by atoms with Crippen molar-refractivity contribution >= 4 is 10.8 Å². The Bertz CT molecular complexity index is 1430. The van der Waals surface area contributed by atoms with E-state index in [2.05, 4.69) is 17.0 Å². The van der Waals surface area contributed by atoms with Crippen molar-refractivity contribution in [2.75, 3.05) is 33.0 Å². The van der Waals surface area contributed by atoms with E-state index in [1.165, 1.54) is 12.1 Å². The smallest absolute Gasteiger partial charge is 0.231 e. The van der Waals surface area contributed by atoms with Gasteiger partial charge in [0.2, 0.25) is 6.79 Å². The molecule has 0 unspecified atom stereocenters. The molecule has 4 atom stereocenters. The maximum Gasteiger partial charge on any atom is 0.231 e. The average Bonchev–Trinajstić information content (AvgIpc) is 3.48. The largest absolute Gasteiger partial charge is 0.493 e. The van der Waals surface area contributed by atoms with Crippen LogP contribution in [0.1, 0.15) is 28.7 Å². The Balaban J connectivity index is 1.22. The van der Waals surface area contributed by atoms with Gasteiger partial charge in [-0.1, -0.05) is 60.7 Å². The second-order valence-electron chi connectivity index (χ2n) is 10.3. The van der Waals surface area contributed by atoms with E-state index in [1.54, 1.807) is 0 Å². The van der Waals surface area contributed by atoms with Gasteiger partial charge in [0, 0.05) is 30.0 Å². The molecule has 5 nitrogen and oxygen atoms in total. The Morgan fingerprint density at radius 1 is 0.900 bits per heavy atom. The molecule has 0 bridgehead atoms. The first-order chi connectivity index (χ1) is 19.6. The normalized spacial score (nSPS) is 20.1. The van der Waals surface area contributed by atoms with Gasteiger partial charge in [-0.15, -0.1) is 0 Å². The molecular weight excluding hydrogens is 525 g/mol. The summed E-state index contributed by atoms with van der Waals surface area (Å²) in [6.45, 7) is 3.02. The molecule has 4 aromatic rings. The van der Waals surface area contributed by atoms with Crippen molar-refractivity contribution in [3.8, 4) is 17.2 Å². The molecule has 4 aromatic carbocycles. The molecular formula is C33H32FNO4S. The number of likely N-dealkylation sites (tertiary alicyclic amines) is 1. The zero-order valence-corrected chi connectivity index (χ0v) is 23.0. The molecule has 2 aliphatic rings. The first kappa shape index (κ1) is 26.5. The summed E-state index contributed by atoms with van der Waals surface area (Å²) in [5.41, 5.74) is 2.19. The average molecular weight is 558 g/mol. The predicted molar refractivity (Wildman–Crippen MR) is 154 cm³/mol. The zero-order valence-electron chi connectivity index (χ0n) is 22.2. The summed E-state index contributed by atoms with van der Waals surface area (Å²) in [7, 11) is -1.21. The number of rotatable bonds is 9. The molecule has 0 saturated carbocycles. The SMILES string of the molecule is O=[S@@](c1ccccc1)[C@@H](CN1CC[C@@H](c2ccc(F)cc2)[C@H](COc2ccc3c(c2)OCO3)C1)c1ccccc1. The van der Waals surface area contributed by atoms with Crippen molar-refractivity contribution in [2.45, 2.75) is 22.5 Å². The molecule has 0 spiro atoms. The number of benzene rings is 4. The molecule has 7 heteroatoms. The van der Waals surface area contributed by atoms with Crippen LogP contribution >= 0.6 is 0 Å². The first-order valence-corrected chi connectivity index (χ1v) is 14.9. The van der Waals surface area contributed by atoms with E-state index in [0.717, 1.165) is 47.0 Å². The molecule has 0 N–H and O–H groups in total. The Morgan fingerprint density at radius 3 is 2.40 bits per heavy atom. The lowest BCUT2D eigenvalue weighted by atomic mass is 9.80. The number of halogens is 1. The maximum absolute atomic E-state index is 13.8. The lowest BCUT2D eigenvalue weighted by Gasteiger charge is -2.40. The molecule has 1 saturated heterocycles. The number of hydrogen-bond donors (Lipinski definition) is 0. The summed E-state index contributed by atoms with van der Waals surface area (Å²) in [6.07, 6.45) is 0.903. The molecule has 0 aliphatic carbocycles. The number of fused-ring (bicyclic) bond motifs is 1. The van der Waals surface area contributed by atoms with E-state index in [-0.39, 0.29) is 29.7 Å². The first-order valence-electron chi connectivity index (χ1n) is 13.6. The molecule has 6 rings (SSSR count). The molecule has 0 amide bonds. The van der Waals surface area contributed by atoms with Gasteiger partial charge in [0.1, 0.15) is 11.6 Å². The van der Waals surface area contributed by atoms with Crippen molar-refractivity contribution in [1.29, 1.82) is 0 Å². The van der Waals surface area contributed by atoms with E-state index in [4.69, 9.17) is 14.2 Å². The van der Waals surface area contributed by atoms with Gasteiger partial charge in [-0.25, -0.2) is 4.39 Å². The third-order valence-corrected chi connectivity index (χ3v) is 9.43. The minimum atomic E-state index is -1.21. The van der Waals surface area contributed by atoms with Crippen molar-refractivity contribution < 1.29 is 22.8 Å². The predicted octanol–water partition coefficient (Wildman–Crippen LogP) is 6.59. The third kappa shape index (κ3) is 6.06. The summed E-state index contributed by atoms with van der Waals surface area (Å²) in [6, 6.07) is 32.3. The van der Waals surface area contributed by atoms with E-state index < -0.39 is 10.8 Å². The maximum atomic E-state index is 13.8. The van der Waals surface area contributed by atoms with Gasteiger partial charge < -0.3 is 19.1 Å². The van der Waals surface area contributed by atoms with E-state index in [9.17, 15) is 8.60 Å². The molecule has 2 heterocycles. The van der Waals surface area contributed by atoms with E-state index in [1.807, 2.05) is 78.9 Å². The standard InChI is InChI=1S/C33H32FNO4S/c34-27-13-11-24(12-14-27)30-17-18-35(20-26(30)22-37-28-15-16-31-32(19-28)39-23-38-31)21-33(25-7-3-1-4-8-25)40(36)29-9-5-2-6-10-29/h1-16,19,26,30,33H,17-18,20-23H2/t26-,30-,33-,40-/m0/s1. The summed E-state index contributed by atoms with van der Waals surface area (Å²) in [5.74, 6) is 2.28.